The van der Waals surface area contributed by atoms with E-state index < -0.39 is 28.8 Å². The molecule has 0 aromatic heterocycles. The van der Waals surface area contributed by atoms with Crippen molar-refractivity contribution < 1.29 is 28.5 Å². The second-order valence-electron chi connectivity index (χ2n) is 9.19. The summed E-state index contributed by atoms with van der Waals surface area (Å²) in [5.74, 6) is 1.06. The van der Waals surface area contributed by atoms with Gasteiger partial charge < -0.3 is 18.9 Å². The van der Waals surface area contributed by atoms with Crippen molar-refractivity contribution in [3.63, 3.8) is 0 Å². The van der Waals surface area contributed by atoms with Gasteiger partial charge in [-0.05, 0) is 87.4 Å². The van der Waals surface area contributed by atoms with Crippen molar-refractivity contribution in [2.45, 2.75) is 54.9 Å². The second kappa shape index (κ2) is 11.8. The normalized spacial score (nSPS) is 12.1. The van der Waals surface area contributed by atoms with Gasteiger partial charge in [0.1, 0.15) is 17.1 Å². The highest BCUT2D eigenvalue weighted by molar-refractivity contribution is 7.97. The monoisotopic (exact) mass is 495 g/mol. The zero-order valence-corrected chi connectivity index (χ0v) is 21.5. The fraction of sp³-hybridized carbons (Fsp3) is 0.286. The zero-order valence-electron chi connectivity index (χ0n) is 20.6. The first-order chi connectivity index (χ1) is 16.6. The molecule has 6 nitrogen and oxygen atoms in total. The molecule has 0 saturated heterocycles. The third-order valence-corrected chi connectivity index (χ3v) is 6.65. The molecule has 0 aliphatic carbocycles. The maximum Gasteiger partial charge on any atom is 0.514 e. The van der Waals surface area contributed by atoms with Crippen LogP contribution >= 0.6 is 0 Å². The molecule has 0 fully saturated rings. The van der Waals surface area contributed by atoms with Crippen LogP contribution in [-0.4, -0.2) is 24.5 Å². The molecule has 0 saturated carbocycles. The SMILES string of the molecule is CC(C)COC(=O)Oc1ccc([S+](c2ccccc2)c2ccc(OC(=O)OC(C)(C)C)cc2)cc1. The van der Waals surface area contributed by atoms with E-state index in [1.165, 1.54) is 0 Å². The predicted molar refractivity (Wildman–Crippen MR) is 135 cm³/mol. The Kier molecular flexibility index (Phi) is 8.82. The van der Waals surface area contributed by atoms with E-state index in [4.69, 9.17) is 18.9 Å². The lowest BCUT2D eigenvalue weighted by Crippen LogP contribution is -2.25. The van der Waals surface area contributed by atoms with Crippen LogP contribution in [0, 0.1) is 5.92 Å². The number of hydrogen-bond donors (Lipinski definition) is 0. The summed E-state index contributed by atoms with van der Waals surface area (Å²) in [5.41, 5.74) is -0.627. The standard InChI is InChI=1S/C28H31O6S/c1-20(2)19-31-26(29)32-21-11-15-24(16-12-21)35(23-9-7-6-8-10-23)25-17-13-22(14-18-25)33-27(30)34-28(3,4)5/h6-18,20H,19H2,1-5H3/q+1. The van der Waals surface area contributed by atoms with E-state index in [0.717, 1.165) is 14.7 Å². The summed E-state index contributed by atoms with van der Waals surface area (Å²) in [7, 11) is -0.425. The molecule has 0 N–H and O–H groups in total. The molecule has 0 amide bonds. The van der Waals surface area contributed by atoms with Crippen LogP contribution in [0.4, 0.5) is 9.59 Å². The molecule has 3 aromatic rings. The van der Waals surface area contributed by atoms with Gasteiger partial charge in [-0.25, -0.2) is 9.59 Å². The van der Waals surface area contributed by atoms with Crippen molar-refractivity contribution in [2.75, 3.05) is 6.61 Å². The molecule has 0 radical (unpaired) electrons. The zero-order chi connectivity index (χ0) is 25.4. The lowest BCUT2D eigenvalue weighted by atomic mass is 10.2. The summed E-state index contributed by atoms with van der Waals surface area (Å²) >= 11 is 0. The molecule has 184 valence electrons. The molecule has 3 rings (SSSR count). The van der Waals surface area contributed by atoms with Gasteiger partial charge >= 0.3 is 12.3 Å². The number of carbonyl (C=O) groups is 2. The maximum absolute atomic E-state index is 12.0. The van der Waals surface area contributed by atoms with Crippen molar-refractivity contribution >= 4 is 23.2 Å². The highest BCUT2D eigenvalue weighted by atomic mass is 32.2. The molecular weight excluding hydrogens is 464 g/mol. The highest BCUT2D eigenvalue weighted by Crippen LogP contribution is 2.33. The summed E-state index contributed by atoms with van der Waals surface area (Å²) in [6.45, 7) is 9.59. The maximum atomic E-state index is 12.0. The van der Waals surface area contributed by atoms with Gasteiger partial charge in [0.15, 0.2) is 14.7 Å². The minimum Gasteiger partial charge on any atom is -0.434 e. The van der Waals surface area contributed by atoms with Gasteiger partial charge in [-0.3, -0.25) is 0 Å². The number of hydrogen-bond acceptors (Lipinski definition) is 6. The molecule has 3 aromatic carbocycles. The number of benzene rings is 3. The van der Waals surface area contributed by atoms with E-state index in [9.17, 15) is 9.59 Å². The van der Waals surface area contributed by atoms with Crippen LogP contribution in [0.15, 0.2) is 93.5 Å². The molecule has 0 heterocycles. The Morgan fingerprint density at radius 3 is 1.63 bits per heavy atom. The lowest BCUT2D eigenvalue weighted by Gasteiger charge is -2.18. The predicted octanol–water partition coefficient (Wildman–Crippen LogP) is 7.27. The average molecular weight is 496 g/mol. The molecule has 7 heteroatoms. The summed E-state index contributed by atoms with van der Waals surface area (Å²) in [6.07, 6.45) is -1.45. The Bertz CT molecular complexity index is 1100. The summed E-state index contributed by atoms with van der Waals surface area (Å²) in [5, 5.41) is 0. The van der Waals surface area contributed by atoms with E-state index >= 15 is 0 Å². The average Bonchev–Trinajstić information content (AvgIpc) is 2.79. The highest BCUT2D eigenvalue weighted by Gasteiger charge is 2.29. The van der Waals surface area contributed by atoms with Crippen molar-refractivity contribution in [3.8, 4) is 11.5 Å². The fourth-order valence-corrected chi connectivity index (χ4v) is 5.04. The first-order valence-corrected chi connectivity index (χ1v) is 12.6. The second-order valence-corrected chi connectivity index (χ2v) is 11.2. The van der Waals surface area contributed by atoms with Gasteiger partial charge in [-0.1, -0.05) is 32.0 Å². The third kappa shape index (κ3) is 8.37. The Hall–Kier alpha value is -3.45. The van der Waals surface area contributed by atoms with E-state index in [1.807, 2.05) is 56.3 Å². The quantitative estimate of drug-likeness (QED) is 0.195. The van der Waals surface area contributed by atoms with E-state index in [2.05, 4.69) is 12.1 Å². The fourth-order valence-electron chi connectivity index (χ4n) is 2.98. The van der Waals surface area contributed by atoms with Crippen LogP contribution in [0.2, 0.25) is 0 Å². The van der Waals surface area contributed by atoms with Gasteiger partial charge in [0.2, 0.25) is 0 Å². The molecular formula is C28H31O6S+. The van der Waals surface area contributed by atoms with Crippen LogP contribution in [0.25, 0.3) is 0 Å². The molecule has 0 aliphatic rings. The van der Waals surface area contributed by atoms with Crippen molar-refractivity contribution in [2.24, 2.45) is 5.92 Å². The van der Waals surface area contributed by atoms with Crippen molar-refractivity contribution in [3.05, 3.63) is 78.9 Å². The summed E-state index contributed by atoms with van der Waals surface area (Å²) in [6, 6.07) is 24.9. The van der Waals surface area contributed by atoms with Crippen molar-refractivity contribution in [1.29, 1.82) is 0 Å². The van der Waals surface area contributed by atoms with Gasteiger partial charge in [-0.2, -0.15) is 0 Å². The van der Waals surface area contributed by atoms with E-state index in [-0.39, 0.29) is 5.92 Å². The summed E-state index contributed by atoms with van der Waals surface area (Å²) in [4.78, 5) is 27.1. The number of rotatable bonds is 7. The van der Waals surface area contributed by atoms with E-state index in [1.54, 1.807) is 45.0 Å². The first kappa shape index (κ1) is 26.2. The van der Waals surface area contributed by atoms with Crippen LogP contribution < -0.4 is 9.47 Å². The Morgan fingerprint density at radius 1 is 0.714 bits per heavy atom. The van der Waals surface area contributed by atoms with Gasteiger partial charge in [0.05, 0.1) is 17.5 Å². The largest absolute Gasteiger partial charge is 0.514 e. The van der Waals surface area contributed by atoms with Crippen molar-refractivity contribution in [1.82, 2.24) is 0 Å². The molecule has 0 aliphatic heterocycles. The van der Waals surface area contributed by atoms with Crippen LogP contribution in [0.5, 0.6) is 11.5 Å². The topological polar surface area (TPSA) is 71.1 Å². The molecule has 1 atom stereocenters. The van der Waals surface area contributed by atoms with Crippen LogP contribution in [0.1, 0.15) is 34.6 Å². The Balaban J connectivity index is 1.79. The summed E-state index contributed by atoms with van der Waals surface area (Å²) < 4.78 is 20.9. The van der Waals surface area contributed by atoms with Crippen LogP contribution in [-0.2, 0) is 20.4 Å². The van der Waals surface area contributed by atoms with Gasteiger partial charge in [0, 0.05) is 0 Å². The number of carbonyl (C=O) groups excluding carboxylic acids is 2. The van der Waals surface area contributed by atoms with Crippen LogP contribution in [0.3, 0.4) is 0 Å². The Morgan fingerprint density at radius 2 is 1.17 bits per heavy atom. The molecule has 35 heavy (non-hydrogen) atoms. The third-order valence-electron chi connectivity index (χ3n) is 4.42. The van der Waals surface area contributed by atoms with Gasteiger partial charge in [-0.15, -0.1) is 0 Å². The Labute approximate surface area is 209 Å². The number of ether oxygens (including phenoxy) is 4. The lowest BCUT2D eigenvalue weighted by molar-refractivity contribution is 0.0206. The minimum absolute atomic E-state index is 0.235. The molecule has 0 bridgehead atoms. The molecule has 0 spiro atoms. The smallest absolute Gasteiger partial charge is 0.434 e. The minimum atomic E-state index is -0.741. The van der Waals surface area contributed by atoms with Gasteiger partial charge in [0.25, 0.3) is 0 Å². The molecule has 1 unspecified atom stereocenters. The van der Waals surface area contributed by atoms with E-state index in [0.29, 0.717) is 18.1 Å². The first-order valence-electron chi connectivity index (χ1n) is 11.4.